The Morgan fingerprint density at radius 3 is 2.94 bits per heavy atom. The highest BCUT2D eigenvalue weighted by Gasteiger charge is 2.19. The van der Waals surface area contributed by atoms with Gasteiger partial charge in [-0.3, -0.25) is 0 Å². The molecule has 0 saturated carbocycles. The number of nitrogens with one attached hydrogen (secondary N) is 2. The van der Waals surface area contributed by atoms with Crippen LogP contribution in [0.15, 0.2) is 60.0 Å². The molecule has 34 heavy (non-hydrogen) atoms. The van der Waals surface area contributed by atoms with E-state index in [1.165, 1.54) is 12.1 Å². The summed E-state index contributed by atoms with van der Waals surface area (Å²) in [6, 6.07) is 15.6. The van der Waals surface area contributed by atoms with Crippen LogP contribution < -0.4 is 15.4 Å². The molecule has 2 aromatic heterocycles. The van der Waals surface area contributed by atoms with Crippen molar-refractivity contribution in [3.05, 3.63) is 82.1 Å². The van der Waals surface area contributed by atoms with Gasteiger partial charge < -0.3 is 20.5 Å². The normalized spacial score (nSPS) is 17.4. The molecule has 0 bridgehead atoms. The molecule has 1 saturated heterocycles. The number of aromatic nitrogens is 1. The molecule has 1 aliphatic heterocycles. The Kier molecular flexibility index (Phi) is 6.66. The quantitative estimate of drug-likeness (QED) is 0.321. The van der Waals surface area contributed by atoms with Crippen LogP contribution in [-0.2, 0) is 6.61 Å². The minimum absolute atomic E-state index is 0.0361. The topological polar surface area (TPSA) is 66.4 Å². The molecule has 0 radical (unpaired) electrons. The Labute approximate surface area is 205 Å². The van der Waals surface area contributed by atoms with Crippen LogP contribution in [0.5, 0.6) is 5.75 Å². The van der Waals surface area contributed by atoms with Gasteiger partial charge in [0.25, 0.3) is 0 Å². The van der Waals surface area contributed by atoms with E-state index in [2.05, 4.69) is 22.5 Å². The molecular formula is C26H21ClFN3O2S. The number of rotatable bonds is 5. The van der Waals surface area contributed by atoms with Crippen LogP contribution in [0.1, 0.15) is 17.7 Å². The third-order valence-corrected chi connectivity index (χ3v) is 6.57. The summed E-state index contributed by atoms with van der Waals surface area (Å²) in [6.45, 7) is 0.779. The van der Waals surface area contributed by atoms with Gasteiger partial charge in [-0.05, 0) is 59.3 Å². The van der Waals surface area contributed by atoms with Gasteiger partial charge in [0.1, 0.15) is 29.7 Å². The van der Waals surface area contributed by atoms with E-state index in [4.69, 9.17) is 21.3 Å². The maximum atomic E-state index is 13.4. The highest BCUT2D eigenvalue weighted by atomic mass is 35.5. The van der Waals surface area contributed by atoms with Gasteiger partial charge in [-0.1, -0.05) is 29.7 Å². The van der Waals surface area contributed by atoms with Gasteiger partial charge in [-0.2, -0.15) is 0 Å². The summed E-state index contributed by atoms with van der Waals surface area (Å²) < 4.78 is 20.2. The Hall–Kier alpha value is -3.15. The molecule has 1 fully saturated rings. The zero-order valence-corrected chi connectivity index (χ0v) is 19.6. The van der Waals surface area contributed by atoms with Gasteiger partial charge >= 0.3 is 0 Å². The summed E-state index contributed by atoms with van der Waals surface area (Å²) in [5.41, 5.74) is 2.14. The Balaban J connectivity index is 1.34. The van der Waals surface area contributed by atoms with Crippen molar-refractivity contribution in [2.45, 2.75) is 25.2 Å². The molecule has 8 heteroatoms. The predicted octanol–water partition coefficient (Wildman–Crippen LogP) is 5.49. The monoisotopic (exact) mass is 493 g/mol. The van der Waals surface area contributed by atoms with Gasteiger partial charge in [0.05, 0.1) is 17.2 Å². The van der Waals surface area contributed by atoms with Crippen molar-refractivity contribution < 1.29 is 14.2 Å². The summed E-state index contributed by atoms with van der Waals surface area (Å²) in [4.78, 5) is 4.71. The first kappa shape index (κ1) is 22.6. The molecule has 0 amide bonds. The highest BCUT2D eigenvalue weighted by molar-refractivity contribution is 7.17. The number of pyridine rings is 1. The summed E-state index contributed by atoms with van der Waals surface area (Å²) in [7, 11) is 0. The standard InChI is InChI=1S/C26H21ClFN3O2S/c27-23-12-19(6-7-24(23)33-15-16-2-1-3-17(28)10-16)30-26-22-8-9-34-25(22)13-20(31-26)5-4-18-11-21(32)14-29-18/h1-3,6-10,12-13,18,21,29,32H,11,14-15H2,(H,30,31)/t18-,21+/m1/s1. The van der Waals surface area contributed by atoms with Gasteiger partial charge in [-0.15, -0.1) is 11.3 Å². The van der Waals surface area contributed by atoms with Crippen LogP contribution in [0.25, 0.3) is 10.1 Å². The Morgan fingerprint density at radius 1 is 1.24 bits per heavy atom. The van der Waals surface area contributed by atoms with Crippen molar-refractivity contribution in [2.24, 2.45) is 0 Å². The van der Waals surface area contributed by atoms with Crippen LogP contribution in [0.3, 0.4) is 0 Å². The Morgan fingerprint density at radius 2 is 2.15 bits per heavy atom. The number of thiophene rings is 1. The molecule has 2 atom stereocenters. The highest BCUT2D eigenvalue weighted by Crippen LogP contribution is 2.33. The third kappa shape index (κ3) is 5.32. The molecule has 5 rings (SSSR count). The largest absolute Gasteiger partial charge is 0.487 e. The summed E-state index contributed by atoms with van der Waals surface area (Å²) >= 11 is 8.07. The van der Waals surface area contributed by atoms with Gasteiger partial charge in [-0.25, -0.2) is 9.37 Å². The minimum atomic E-state index is -0.352. The number of anilines is 2. The van der Waals surface area contributed by atoms with E-state index in [1.807, 2.05) is 23.6 Å². The van der Waals surface area contributed by atoms with Crippen LogP contribution in [0, 0.1) is 17.7 Å². The van der Waals surface area contributed by atoms with E-state index in [-0.39, 0.29) is 24.6 Å². The molecule has 0 spiro atoms. The molecule has 5 nitrogen and oxygen atoms in total. The first-order valence-corrected chi connectivity index (χ1v) is 12.0. The lowest BCUT2D eigenvalue weighted by Gasteiger charge is -2.12. The number of hydrogen-bond donors (Lipinski definition) is 3. The van der Waals surface area contributed by atoms with Gasteiger partial charge in [0, 0.05) is 28.7 Å². The number of benzene rings is 2. The SMILES string of the molecule is O[C@@H]1CN[C@H](C#Cc2cc3sccc3c(Nc3ccc(OCc4cccc(F)c4)c(Cl)c3)n2)C1. The van der Waals surface area contributed by atoms with Crippen molar-refractivity contribution in [3.8, 4) is 17.6 Å². The summed E-state index contributed by atoms with van der Waals surface area (Å²) in [6.07, 6.45) is 0.265. The third-order valence-electron chi connectivity index (χ3n) is 5.41. The second-order valence-electron chi connectivity index (χ2n) is 8.00. The van der Waals surface area contributed by atoms with Crippen molar-refractivity contribution in [3.63, 3.8) is 0 Å². The first-order valence-electron chi connectivity index (χ1n) is 10.8. The molecule has 1 aliphatic rings. The predicted molar refractivity (Wildman–Crippen MR) is 134 cm³/mol. The molecule has 172 valence electrons. The second-order valence-corrected chi connectivity index (χ2v) is 9.35. The number of ether oxygens (including phenoxy) is 1. The number of aliphatic hydroxyl groups excluding tert-OH is 1. The summed E-state index contributed by atoms with van der Waals surface area (Å²) in [5.74, 6) is 7.18. The second kappa shape index (κ2) is 10.00. The molecule has 2 aromatic carbocycles. The number of β-amino-alcohol motifs (C(OH)–C–C–N with tert-alkyl or cyclic N) is 1. The van der Waals surface area contributed by atoms with Gasteiger partial charge in [0.2, 0.25) is 0 Å². The van der Waals surface area contributed by atoms with E-state index in [0.717, 1.165) is 21.3 Å². The maximum Gasteiger partial charge on any atom is 0.140 e. The van der Waals surface area contributed by atoms with Crippen LogP contribution in [0.2, 0.25) is 5.02 Å². The van der Waals surface area contributed by atoms with E-state index >= 15 is 0 Å². The van der Waals surface area contributed by atoms with Crippen molar-refractivity contribution >= 4 is 44.5 Å². The van der Waals surface area contributed by atoms with E-state index in [0.29, 0.717) is 35.2 Å². The van der Waals surface area contributed by atoms with Crippen LogP contribution in [0.4, 0.5) is 15.9 Å². The molecule has 3 heterocycles. The zero-order chi connectivity index (χ0) is 23.5. The number of nitrogens with zero attached hydrogens (tertiary/aromatic N) is 1. The fourth-order valence-electron chi connectivity index (χ4n) is 3.73. The van der Waals surface area contributed by atoms with E-state index < -0.39 is 0 Å². The lowest BCUT2D eigenvalue weighted by atomic mass is 10.2. The van der Waals surface area contributed by atoms with E-state index in [1.54, 1.807) is 35.6 Å². The van der Waals surface area contributed by atoms with Crippen molar-refractivity contribution in [2.75, 3.05) is 11.9 Å². The van der Waals surface area contributed by atoms with Crippen LogP contribution >= 0.6 is 22.9 Å². The average Bonchev–Trinajstić information content (AvgIpc) is 3.46. The molecule has 0 aliphatic carbocycles. The minimum Gasteiger partial charge on any atom is -0.487 e. The lowest BCUT2D eigenvalue weighted by molar-refractivity contribution is 0.195. The van der Waals surface area contributed by atoms with Gasteiger partial charge in [0.15, 0.2) is 0 Å². The smallest absolute Gasteiger partial charge is 0.140 e. The zero-order valence-electron chi connectivity index (χ0n) is 18.0. The van der Waals surface area contributed by atoms with Crippen LogP contribution in [-0.4, -0.2) is 28.8 Å². The number of hydrogen-bond acceptors (Lipinski definition) is 6. The van der Waals surface area contributed by atoms with Crippen molar-refractivity contribution in [1.29, 1.82) is 0 Å². The van der Waals surface area contributed by atoms with Crippen molar-refractivity contribution in [1.82, 2.24) is 10.3 Å². The number of halogens is 2. The molecule has 3 N–H and O–H groups in total. The average molecular weight is 494 g/mol. The Bertz CT molecular complexity index is 1400. The molecule has 4 aromatic rings. The maximum absolute atomic E-state index is 13.4. The van der Waals surface area contributed by atoms with E-state index in [9.17, 15) is 9.50 Å². The fourth-order valence-corrected chi connectivity index (χ4v) is 4.79. The summed E-state index contributed by atoms with van der Waals surface area (Å²) in [5, 5.41) is 19.6. The lowest BCUT2D eigenvalue weighted by Crippen LogP contribution is -2.19. The fraction of sp³-hybridized carbons (Fsp3) is 0.192. The first-order chi connectivity index (χ1) is 16.5. The number of aliphatic hydroxyl groups is 1. The number of fused-ring (bicyclic) bond motifs is 1. The molecular weight excluding hydrogens is 473 g/mol. The molecule has 0 unspecified atom stereocenters.